The maximum atomic E-state index is 15.2. The second kappa shape index (κ2) is 13.5. The summed E-state index contributed by atoms with van der Waals surface area (Å²) in [6.45, 7) is -1.52. The van der Waals surface area contributed by atoms with E-state index in [1.807, 2.05) is 0 Å². The standard InChI is InChI=1S/C26H14Cl3F7N6O/c27-19-11-15(12-20(28)22(19)29)17(25(31,32)33)13-21(30)14-2-3-16(18(10-14)26(34,35)36)23(43)41(8-4-37)42(9-5-38)24-39-6-1-7-40-24/h1-3,6-7,10-13,17H,8-9H2. The molecule has 0 bridgehead atoms. The molecule has 0 spiro atoms. The number of allylic oxidation sites excluding steroid dienone is 1. The molecule has 1 heterocycles. The summed E-state index contributed by atoms with van der Waals surface area (Å²) in [5.41, 5.74) is -4.41. The van der Waals surface area contributed by atoms with E-state index >= 15 is 4.39 Å². The van der Waals surface area contributed by atoms with Gasteiger partial charge in [0.1, 0.15) is 24.8 Å². The van der Waals surface area contributed by atoms with Gasteiger partial charge in [-0.25, -0.2) is 24.4 Å². The molecule has 0 aliphatic heterocycles. The van der Waals surface area contributed by atoms with E-state index in [1.54, 1.807) is 12.1 Å². The zero-order valence-corrected chi connectivity index (χ0v) is 23.3. The maximum Gasteiger partial charge on any atom is 0.417 e. The summed E-state index contributed by atoms with van der Waals surface area (Å²) in [6, 6.07) is 7.56. The van der Waals surface area contributed by atoms with Gasteiger partial charge >= 0.3 is 12.4 Å². The molecule has 1 amide bonds. The van der Waals surface area contributed by atoms with Crippen LogP contribution < -0.4 is 5.01 Å². The molecular formula is C26H14Cl3F7N6O. The molecule has 7 nitrogen and oxygen atoms in total. The molecule has 0 saturated heterocycles. The average Bonchev–Trinajstić information content (AvgIpc) is 2.94. The number of rotatable bonds is 8. The maximum absolute atomic E-state index is 15.2. The van der Waals surface area contributed by atoms with Crippen LogP contribution in [0.25, 0.3) is 5.83 Å². The van der Waals surface area contributed by atoms with Crippen LogP contribution in [-0.2, 0) is 6.18 Å². The Balaban J connectivity index is 2.13. The van der Waals surface area contributed by atoms with Crippen LogP contribution in [0.4, 0.5) is 36.7 Å². The second-order valence-corrected chi connectivity index (χ2v) is 9.57. The number of anilines is 1. The Morgan fingerprint density at radius 3 is 2.05 bits per heavy atom. The highest BCUT2D eigenvalue weighted by Crippen LogP contribution is 2.43. The van der Waals surface area contributed by atoms with Crippen molar-refractivity contribution in [3.05, 3.63) is 92.2 Å². The predicted molar refractivity (Wildman–Crippen MR) is 142 cm³/mol. The normalized spacial score (nSPS) is 12.7. The number of amides is 1. The highest BCUT2D eigenvalue weighted by atomic mass is 35.5. The Kier molecular flexibility index (Phi) is 10.5. The lowest BCUT2D eigenvalue weighted by molar-refractivity contribution is -0.140. The van der Waals surface area contributed by atoms with Crippen molar-refractivity contribution in [3.8, 4) is 12.1 Å². The molecule has 0 aliphatic carbocycles. The van der Waals surface area contributed by atoms with Crippen molar-refractivity contribution < 1.29 is 35.5 Å². The number of halogens is 10. The van der Waals surface area contributed by atoms with Gasteiger partial charge in [0.25, 0.3) is 5.91 Å². The van der Waals surface area contributed by atoms with Crippen LogP contribution in [0, 0.1) is 22.7 Å². The third kappa shape index (κ3) is 7.84. The number of alkyl halides is 6. The van der Waals surface area contributed by atoms with Crippen LogP contribution in [0.1, 0.15) is 33.0 Å². The zero-order valence-electron chi connectivity index (χ0n) is 21.1. The first-order valence-corrected chi connectivity index (χ1v) is 12.6. The quantitative estimate of drug-likeness (QED) is 0.105. The van der Waals surface area contributed by atoms with Gasteiger partial charge in [-0.05, 0) is 42.0 Å². The topological polar surface area (TPSA) is 96.9 Å². The van der Waals surface area contributed by atoms with Crippen LogP contribution in [0.15, 0.2) is 54.9 Å². The Morgan fingerprint density at radius 2 is 1.53 bits per heavy atom. The van der Waals surface area contributed by atoms with Gasteiger partial charge in [-0.15, -0.1) is 0 Å². The van der Waals surface area contributed by atoms with Crippen LogP contribution >= 0.6 is 34.8 Å². The number of carbonyl (C=O) groups excluding carboxylic acids is 1. The molecule has 0 saturated carbocycles. The molecule has 1 atom stereocenters. The summed E-state index contributed by atoms with van der Waals surface area (Å²) in [6.07, 6.45) is -8.00. The minimum Gasteiger partial charge on any atom is -0.267 e. The summed E-state index contributed by atoms with van der Waals surface area (Å²) in [5.74, 6) is -6.17. The van der Waals surface area contributed by atoms with Gasteiger partial charge < -0.3 is 0 Å². The number of carbonyl (C=O) groups is 1. The van der Waals surface area contributed by atoms with E-state index in [0.29, 0.717) is 17.1 Å². The number of benzene rings is 2. The lowest BCUT2D eigenvalue weighted by Crippen LogP contribution is -2.48. The number of hydrogen-bond acceptors (Lipinski definition) is 6. The third-order valence-corrected chi connectivity index (χ3v) is 6.81. The molecule has 1 unspecified atom stereocenters. The van der Waals surface area contributed by atoms with Crippen LogP contribution in [0.5, 0.6) is 0 Å². The van der Waals surface area contributed by atoms with E-state index in [0.717, 1.165) is 17.1 Å². The van der Waals surface area contributed by atoms with Gasteiger partial charge in [-0.2, -0.15) is 36.9 Å². The largest absolute Gasteiger partial charge is 0.417 e. The number of hydrogen-bond donors (Lipinski definition) is 0. The van der Waals surface area contributed by atoms with E-state index in [1.165, 1.54) is 18.5 Å². The Hall–Kier alpha value is -4.11. The van der Waals surface area contributed by atoms with Crippen molar-refractivity contribution in [2.75, 3.05) is 18.1 Å². The second-order valence-electron chi connectivity index (χ2n) is 8.38. The van der Waals surface area contributed by atoms with E-state index in [2.05, 4.69) is 9.97 Å². The lowest BCUT2D eigenvalue weighted by Gasteiger charge is -2.31. The van der Waals surface area contributed by atoms with Gasteiger partial charge in [-0.1, -0.05) is 40.9 Å². The number of aromatic nitrogens is 2. The van der Waals surface area contributed by atoms with E-state index in [-0.39, 0.29) is 33.2 Å². The zero-order chi connectivity index (χ0) is 32.1. The van der Waals surface area contributed by atoms with Crippen LogP contribution in [0.3, 0.4) is 0 Å². The molecule has 2 aromatic carbocycles. The molecular weight excluding hydrogens is 652 g/mol. The number of nitriles is 2. The van der Waals surface area contributed by atoms with Crippen molar-refractivity contribution >= 4 is 52.5 Å². The first-order valence-electron chi connectivity index (χ1n) is 11.5. The lowest BCUT2D eigenvalue weighted by atomic mass is 9.95. The molecule has 0 aliphatic rings. The van der Waals surface area contributed by atoms with Crippen LogP contribution in [0.2, 0.25) is 15.1 Å². The van der Waals surface area contributed by atoms with E-state index < -0.39 is 65.3 Å². The summed E-state index contributed by atoms with van der Waals surface area (Å²) in [4.78, 5) is 21.0. The minimum absolute atomic E-state index is 0.0241. The fourth-order valence-electron chi connectivity index (χ4n) is 3.72. The predicted octanol–water partition coefficient (Wildman–Crippen LogP) is 8.02. The molecule has 0 fully saturated rings. The van der Waals surface area contributed by atoms with Gasteiger partial charge in [0, 0.05) is 18.0 Å². The Morgan fingerprint density at radius 1 is 0.953 bits per heavy atom. The van der Waals surface area contributed by atoms with Crippen molar-refractivity contribution in [2.24, 2.45) is 0 Å². The Labute approximate surface area is 253 Å². The first kappa shape index (κ1) is 33.4. The van der Waals surface area contributed by atoms with Crippen molar-refractivity contribution in [2.45, 2.75) is 18.3 Å². The molecule has 3 rings (SSSR count). The Bertz CT molecular complexity index is 1600. The van der Waals surface area contributed by atoms with Gasteiger partial charge in [0.15, 0.2) is 0 Å². The van der Waals surface area contributed by atoms with Crippen molar-refractivity contribution in [3.63, 3.8) is 0 Å². The van der Waals surface area contributed by atoms with E-state index in [4.69, 9.17) is 34.8 Å². The minimum atomic E-state index is -5.32. The fraction of sp³-hybridized carbons (Fsp3) is 0.192. The summed E-state index contributed by atoms with van der Waals surface area (Å²) in [7, 11) is 0. The molecule has 0 N–H and O–H groups in total. The number of nitrogens with zero attached hydrogens (tertiary/aromatic N) is 6. The van der Waals surface area contributed by atoms with E-state index in [9.17, 15) is 41.7 Å². The highest BCUT2D eigenvalue weighted by molar-refractivity contribution is 6.48. The average molecular weight is 666 g/mol. The molecule has 224 valence electrons. The third-order valence-electron chi connectivity index (χ3n) is 5.61. The summed E-state index contributed by atoms with van der Waals surface area (Å²) in [5, 5.41) is 18.7. The molecule has 43 heavy (non-hydrogen) atoms. The fourth-order valence-corrected chi connectivity index (χ4v) is 4.33. The smallest absolute Gasteiger partial charge is 0.267 e. The SMILES string of the molecule is N#CCN(C(=O)c1ccc(C(F)=CC(c2cc(Cl)c(Cl)c(Cl)c2)C(F)(F)F)cc1C(F)(F)F)N(CC#N)c1ncccn1. The van der Waals surface area contributed by atoms with Gasteiger partial charge in [0.2, 0.25) is 5.95 Å². The summed E-state index contributed by atoms with van der Waals surface area (Å²) < 4.78 is 99.3. The molecule has 0 radical (unpaired) electrons. The van der Waals surface area contributed by atoms with Crippen molar-refractivity contribution in [1.29, 1.82) is 10.5 Å². The van der Waals surface area contributed by atoms with Gasteiger partial charge in [0.05, 0.1) is 38.3 Å². The molecule has 17 heteroatoms. The molecule has 1 aromatic heterocycles. The monoisotopic (exact) mass is 664 g/mol. The first-order chi connectivity index (χ1) is 20.1. The number of hydrazine groups is 1. The van der Waals surface area contributed by atoms with Crippen molar-refractivity contribution in [1.82, 2.24) is 15.0 Å². The van der Waals surface area contributed by atoms with Crippen LogP contribution in [-0.4, -0.2) is 40.1 Å². The molecule has 3 aromatic rings. The summed E-state index contributed by atoms with van der Waals surface area (Å²) >= 11 is 17.4. The highest BCUT2D eigenvalue weighted by Gasteiger charge is 2.41. The van der Waals surface area contributed by atoms with Gasteiger partial charge in [-0.3, -0.25) is 4.79 Å².